The van der Waals surface area contributed by atoms with Gasteiger partial charge in [-0.15, -0.1) is 11.3 Å². The molecule has 0 atom stereocenters. The largest absolute Gasteiger partial charge is 0.350 e. The quantitative estimate of drug-likeness (QED) is 0.618. The Morgan fingerprint density at radius 3 is 2.84 bits per heavy atom. The second kappa shape index (κ2) is 6.53. The molecule has 25 heavy (non-hydrogen) atoms. The Morgan fingerprint density at radius 1 is 1.32 bits per heavy atom. The molecule has 1 N–H and O–H groups in total. The van der Waals surface area contributed by atoms with E-state index in [0.29, 0.717) is 23.7 Å². The first-order chi connectivity index (χ1) is 12.0. The molecule has 3 aromatic rings. The molecule has 0 aliphatic heterocycles. The smallest absolute Gasteiger partial charge is 0.267 e. The maximum atomic E-state index is 14.1. The Bertz CT molecular complexity index is 962. The maximum Gasteiger partial charge on any atom is 0.267 e. The molecule has 2 aromatic heterocycles. The van der Waals surface area contributed by atoms with Crippen LogP contribution in [0.3, 0.4) is 0 Å². The Labute approximate surface area is 155 Å². The van der Waals surface area contributed by atoms with Crippen LogP contribution in [0.25, 0.3) is 10.2 Å². The lowest BCUT2D eigenvalue weighted by Crippen LogP contribution is -2.28. The van der Waals surface area contributed by atoms with Crippen molar-refractivity contribution < 1.29 is 13.6 Å². The van der Waals surface area contributed by atoms with Gasteiger partial charge in [-0.2, -0.15) is 0 Å². The van der Waals surface area contributed by atoms with Gasteiger partial charge in [0.05, 0.1) is 21.2 Å². The van der Waals surface area contributed by atoms with Gasteiger partial charge in [-0.3, -0.25) is 4.79 Å². The van der Waals surface area contributed by atoms with Crippen molar-refractivity contribution in [3.63, 3.8) is 0 Å². The van der Waals surface area contributed by atoms with E-state index in [1.165, 1.54) is 23.5 Å². The molecule has 0 bridgehead atoms. The van der Waals surface area contributed by atoms with E-state index in [4.69, 9.17) is 0 Å². The highest BCUT2D eigenvalue weighted by atomic mass is 79.9. The maximum absolute atomic E-state index is 14.1. The van der Waals surface area contributed by atoms with E-state index in [-0.39, 0.29) is 12.5 Å². The van der Waals surface area contributed by atoms with Gasteiger partial charge >= 0.3 is 0 Å². The molecule has 2 heterocycles. The fourth-order valence-electron chi connectivity index (χ4n) is 2.85. The number of benzene rings is 1. The van der Waals surface area contributed by atoms with Crippen LogP contribution in [0.2, 0.25) is 0 Å². The molecule has 0 unspecified atom stereocenters. The van der Waals surface area contributed by atoms with Crippen LogP contribution in [0, 0.1) is 17.6 Å². The molecule has 7 heteroatoms. The molecule has 4 rings (SSSR count). The van der Waals surface area contributed by atoms with E-state index >= 15 is 0 Å². The third-order valence-corrected chi connectivity index (χ3v) is 6.23. The first-order valence-electron chi connectivity index (χ1n) is 8.01. The highest BCUT2D eigenvalue weighted by Crippen LogP contribution is 2.34. The molecule has 0 spiro atoms. The van der Waals surface area contributed by atoms with Gasteiger partial charge in [-0.1, -0.05) is 6.07 Å². The molecule has 1 aliphatic rings. The van der Waals surface area contributed by atoms with Crippen LogP contribution in [-0.2, 0) is 6.54 Å². The van der Waals surface area contributed by atoms with Gasteiger partial charge in [-0.25, -0.2) is 8.78 Å². The van der Waals surface area contributed by atoms with Crippen molar-refractivity contribution >= 4 is 43.4 Å². The number of amides is 1. The van der Waals surface area contributed by atoms with E-state index in [9.17, 15) is 13.6 Å². The van der Waals surface area contributed by atoms with Crippen molar-refractivity contribution in [3.05, 3.63) is 57.0 Å². The van der Waals surface area contributed by atoms with Gasteiger partial charge in [0.2, 0.25) is 0 Å². The number of hydrogen-bond acceptors (Lipinski definition) is 2. The van der Waals surface area contributed by atoms with Crippen LogP contribution in [0.4, 0.5) is 8.78 Å². The van der Waals surface area contributed by atoms with Crippen molar-refractivity contribution in [2.24, 2.45) is 5.92 Å². The second-order valence-corrected chi connectivity index (χ2v) is 8.07. The molecular formula is C18H15BrF2N2OS. The number of carbonyl (C=O) groups excluding carboxylic acids is 1. The Kier molecular flexibility index (Phi) is 4.37. The number of nitrogens with one attached hydrogen (secondary N) is 1. The summed E-state index contributed by atoms with van der Waals surface area (Å²) < 4.78 is 30.9. The molecule has 0 saturated heterocycles. The first-order valence-corrected chi connectivity index (χ1v) is 9.68. The number of aromatic nitrogens is 1. The molecule has 1 saturated carbocycles. The highest BCUT2D eigenvalue weighted by Gasteiger charge is 2.24. The average molecular weight is 425 g/mol. The Hall–Kier alpha value is -1.73. The molecule has 0 radical (unpaired) electrons. The SMILES string of the molecule is O=C(NCC1CC1)c1cc2scc(Br)c2n1Cc1ccc(F)cc1F. The predicted molar refractivity (Wildman–Crippen MR) is 98.0 cm³/mol. The summed E-state index contributed by atoms with van der Waals surface area (Å²) >= 11 is 5.02. The minimum Gasteiger partial charge on any atom is -0.350 e. The summed E-state index contributed by atoms with van der Waals surface area (Å²) in [5.74, 6) is -0.810. The third-order valence-electron chi connectivity index (χ3n) is 4.40. The summed E-state index contributed by atoms with van der Waals surface area (Å²) in [4.78, 5) is 12.6. The molecule has 1 amide bonds. The lowest BCUT2D eigenvalue weighted by Gasteiger charge is -2.12. The van der Waals surface area contributed by atoms with Crippen molar-refractivity contribution in [3.8, 4) is 0 Å². The van der Waals surface area contributed by atoms with E-state index in [2.05, 4.69) is 21.2 Å². The normalized spacial score (nSPS) is 14.2. The number of fused-ring (bicyclic) bond motifs is 1. The fraction of sp³-hybridized carbons (Fsp3) is 0.278. The second-order valence-electron chi connectivity index (χ2n) is 6.30. The fourth-order valence-corrected chi connectivity index (χ4v) is 4.55. The number of rotatable bonds is 5. The number of thiophene rings is 1. The van der Waals surface area contributed by atoms with E-state index in [1.807, 2.05) is 11.4 Å². The van der Waals surface area contributed by atoms with Gasteiger partial charge in [0.15, 0.2) is 0 Å². The Morgan fingerprint density at radius 2 is 2.12 bits per heavy atom. The van der Waals surface area contributed by atoms with Gasteiger partial charge in [0, 0.05) is 23.6 Å². The third kappa shape index (κ3) is 3.35. The van der Waals surface area contributed by atoms with Gasteiger partial charge in [0.25, 0.3) is 5.91 Å². The minimum absolute atomic E-state index is 0.162. The first kappa shape index (κ1) is 16.7. The van der Waals surface area contributed by atoms with Crippen molar-refractivity contribution in [2.75, 3.05) is 6.54 Å². The zero-order chi connectivity index (χ0) is 17.6. The van der Waals surface area contributed by atoms with Crippen LogP contribution in [0.5, 0.6) is 0 Å². The summed E-state index contributed by atoms with van der Waals surface area (Å²) in [5, 5.41) is 4.90. The molecule has 130 valence electrons. The summed E-state index contributed by atoms with van der Waals surface area (Å²) in [6.45, 7) is 0.834. The lowest BCUT2D eigenvalue weighted by molar-refractivity contribution is 0.0943. The minimum atomic E-state index is -0.613. The summed E-state index contributed by atoms with van der Waals surface area (Å²) in [6, 6.07) is 5.34. The summed E-state index contributed by atoms with van der Waals surface area (Å²) in [5.41, 5.74) is 1.69. The molecule has 3 nitrogen and oxygen atoms in total. The zero-order valence-corrected chi connectivity index (χ0v) is 15.6. The standard InChI is InChI=1S/C18H15BrF2N2OS/c19-13-9-25-16-6-15(18(24)22-7-10-1-2-10)23(17(13)16)8-11-3-4-12(20)5-14(11)21/h3-6,9-10H,1-2,7-8H2,(H,22,24). The van der Waals surface area contributed by atoms with Crippen LogP contribution >= 0.6 is 27.3 Å². The number of nitrogens with zero attached hydrogens (tertiary/aromatic N) is 1. The summed E-state index contributed by atoms with van der Waals surface area (Å²) in [7, 11) is 0. The van der Waals surface area contributed by atoms with Crippen LogP contribution < -0.4 is 5.32 Å². The van der Waals surface area contributed by atoms with Crippen molar-refractivity contribution in [1.29, 1.82) is 0 Å². The number of carbonyl (C=O) groups is 1. The van der Waals surface area contributed by atoms with Gasteiger partial charge < -0.3 is 9.88 Å². The summed E-state index contributed by atoms with van der Waals surface area (Å²) in [6.07, 6.45) is 2.31. The predicted octanol–water partition coefficient (Wildman–Crippen LogP) is 4.93. The number of halogens is 3. The van der Waals surface area contributed by atoms with Crippen molar-refractivity contribution in [1.82, 2.24) is 9.88 Å². The molecule has 1 fully saturated rings. The zero-order valence-electron chi connectivity index (χ0n) is 13.2. The monoisotopic (exact) mass is 424 g/mol. The average Bonchev–Trinajstić information content (AvgIpc) is 3.24. The topological polar surface area (TPSA) is 34.0 Å². The highest BCUT2D eigenvalue weighted by molar-refractivity contribution is 9.10. The van der Waals surface area contributed by atoms with E-state index < -0.39 is 11.6 Å². The van der Waals surface area contributed by atoms with Gasteiger partial charge in [0.1, 0.15) is 17.3 Å². The number of hydrogen-bond donors (Lipinski definition) is 1. The van der Waals surface area contributed by atoms with Crippen LogP contribution in [-0.4, -0.2) is 17.0 Å². The van der Waals surface area contributed by atoms with Crippen molar-refractivity contribution in [2.45, 2.75) is 19.4 Å². The van der Waals surface area contributed by atoms with E-state index in [0.717, 1.165) is 33.6 Å². The molecule has 1 aliphatic carbocycles. The van der Waals surface area contributed by atoms with Crippen LogP contribution in [0.1, 0.15) is 28.9 Å². The van der Waals surface area contributed by atoms with E-state index in [1.54, 1.807) is 4.57 Å². The van der Waals surface area contributed by atoms with Gasteiger partial charge in [-0.05, 0) is 46.8 Å². The lowest BCUT2D eigenvalue weighted by atomic mass is 10.2. The Balaban J connectivity index is 1.72. The molecular weight excluding hydrogens is 410 g/mol. The van der Waals surface area contributed by atoms with Crippen LogP contribution in [0.15, 0.2) is 34.1 Å². The molecule has 1 aromatic carbocycles.